The van der Waals surface area contributed by atoms with Crippen LogP contribution in [-0.2, 0) is 6.54 Å². The molecule has 1 aromatic carbocycles. The molecule has 1 aromatic rings. The number of methoxy groups -OCH3 is 1. The number of ether oxygens (including phenoxy) is 1. The highest BCUT2D eigenvalue weighted by atomic mass is 79.9. The van der Waals surface area contributed by atoms with Gasteiger partial charge in [-0.2, -0.15) is 0 Å². The average Bonchev–Trinajstić information content (AvgIpc) is 2.09. The summed E-state index contributed by atoms with van der Waals surface area (Å²) in [7, 11) is 1.65. The van der Waals surface area contributed by atoms with Crippen LogP contribution in [0.25, 0.3) is 0 Å². The molecule has 0 fully saturated rings. The van der Waals surface area contributed by atoms with Crippen LogP contribution in [0.4, 0.5) is 0 Å². The summed E-state index contributed by atoms with van der Waals surface area (Å²) in [4.78, 5) is 0. The summed E-state index contributed by atoms with van der Waals surface area (Å²) >= 11 is 3.44. The first-order chi connectivity index (χ1) is 5.70. The Morgan fingerprint density at radius 1 is 1.50 bits per heavy atom. The van der Waals surface area contributed by atoms with Gasteiger partial charge >= 0.3 is 0 Å². The average molecular weight is 230 g/mol. The molecule has 2 N–H and O–H groups in total. The SMILES string of the molecule is COc1ccc(Br)c(C)c1CN. The predicted octanol–water partition coefficient (Wildman–Crippen LogP) is 2.22. The van der Waals surface area contributed by atoms with Gasteiger partial charge in [0.05, 0.1) is 7.11 Å². The molecular formula is C9H12BrNO. The van der Waals surface area contributed by atoms with Crippen molar-refractivity contribution in [3.8, 4) is 5.75 Å². The van der Waals surface area contributed by atoms with Crippen molar-refractivity contribution >= 4 is 15.9 Å². The van der Waals surface area contributed by atoms with Crippen LogP contribution in [0.1, 0.15) is 11.1 Å². The van der Waals surface area contributed by atoms with E-state index in [4.69, 9.17) is 10.5 Å². The van der Waals surface area contributed by atoms with Crippen molar-refractivity contribution in [1.82, 2.24) is 0 Å². The third-order valence-corrected chi connectivity index (χ3v) is 2.77. The molecule has 3 heteroatoms. The highest BCUT2D eigenvalue weighted by Crippen LogP contribution is 2.27. The van der Waals surface area contributed by atoms with Crippen molar-refractivity contribution in [3.63, 3.8) is 0 Å². The summed E-state index contributed by atoms with van der Waals surface area (Å²) in [5.41, 5.74) is 7.81. The molecule has 0 unspecified atom stereocenters. The van der Waals surface area contributed by atoms with Crippen molar-refractivity contribution < 1.29 is 4.74 Å². The van der Waals surface area contributed by atoms with Gasteiger partial charge in [0.15, 0.2) is 0 Å². The molecule has 0 spiro atoms. The standard InChI is InChI=1S/C9H12BrNO/c1-6-7(5-11)9(12-2)4-3-8(6)10/h3-4H,5,11H2,1-2H3. The summed E-state index contributed by atoms with van der Waals surface area (Å²) in [6, 6.07) is 3.88. The van der Waals surface area contributed by atoms with Crippen molar-refractivity contribution in [1.29, 1.82) is 0 Å². The maximum atomic E-state index is 5.60. The number of hydrogen-bond acceptors (Lipinski definition) is 2. The largest absolute Gasteiger partial charge is 0.496 e. The molecule has 0 heterocycles. The van der Waals surface area contributed by atoms with E-state index >= 15 is 0 Å². The van der Waals surface area contributed by atoms with E-state index in [9.17, 15) is 0 Å². The molecule has 0 aliphatic rings. The molecule has 0 aliphatic carbocycles. The van der Waals surface area contributed by atoms with E-state index in [0.29, 0.717) is 6.54 Å². The molecule has 0 atom stereocenters. The lowest BCUT2D eigenvalue weighted by Gasteiger charge is -2.10. The van der Waals surface area contributed by atoms with Crippen LogP contribution in [0.15, 0.2) is 16.6 Å². The van der Waals surface area contributed by atoms with E-state index in [2.05, 4.69) is 15.9 Å². The van der Waals surface area contributed by atoms with Gasteiger partial charge in [-0.3, -0.25) is 0 Å². The Kier molecular flexibility index (Phi) is 3.12. The summed E-state index contributed by atoms with van der Waals surface area (Å²) in [6.45, 7) is 2.53. The first-order valence-corrected chi connectivity index (χ1v) is 4.52. The molecule has 12 heavy (non-hydrogen) atoms. The van der Waals surface area contributed by atoms with Crippen LogP contribution < -0.4 is 10.5 Å². The Balaban J connectivity index is 3.25. The molecule has 0 saturated heterocycles. The van der Waals surface area contributed by atoms with Gasteiger partial charge in [-0.25, -0.2) is 0 Å². The van der Waals surface area contributed by atoms with Gasteiger partial charge in [0.2, 0.25) is 0 Å². The lowest BCUT2D eigenvalue weighted by molar-refractivity contribution is 0.409. The Morgan fingerprint density at radius 2 is 2.17 bits per heavy atom. The van der Waals surface area contributed by atoms with E-state index in [1.807, 2.05) is 19.1 Å². The first-order valence-electron chi connectivity index (χ1n) is 3.72. The van der Waals surface area contributed by atoms with Gasteiger partial charge in [0.1, 0.15) is 5.75 Å². The van der Waals surface area contributed by atoms with Crippen LogP contribution in [0, 0.1) is 6.92 Å². The van der Waals surface area contributed by atoms with Crippen LogP contribution in [-0.4, -0.2) is 7.11 Å². The second-order valence-electron chi connectivity index (χ2n) is 2.56. The molecule has 0 aliphatic heterocycles. The first kappa shape index (κ1) is 9.55. The van der Waals surface area contributed by atoms with Crippen LogP contribution in [0.5, 0.6) is 5.75 Å². The third kappa shape index (κ3) is 1.62. The quantitative estimate of drug-likeness (QED) is 0.845. The maximum Gasteiger partial charge on any atom is 0.123 e. The van der Waals surface area contributed by atoms with E-state index in [1.165, 1.54) is 0 Å². The van der Waals surface area contributed by atoms with Gasteiger partial charge in [-0.15, -0.1) is 0 Å². The van der Waals surface area contributed by atoms with E-state index in [-0.39, 0.29) is 0 Å². The molecule has 0 saturated carbocycles. The summed E-state index contributed by atoms with van der Waals surface area (Å²) in [5.74, 6) is 0.859. The Bertz CT molecular complexity index is 286. The van der Waals surface area contributed by atoms with Crippen molar-refractivity contribution in [2.75, 3.05) is 7.11 Å². The molecule has 2 nitrogen and oxygen atoms in total. The Labute approximate surface area is 80.8 Å². The molecule has 0 radical (unpaired) electrons. The fourth-order valence-corrected chi connectivity index (χ4v) is 1.52. The van der Waals surface area contributed by atoms with Crippen molar-refractivity contribution in [2.24, 2.45) is 5.73 Å². The number of rotatable bonds is 2. The lowest BCUT2D eigenvalue weighted by Crippen LogP contribution is -2.02. The molecule has 0 aromatic heterocycles. The Hall–Kier alpha value is -0.540. The molecule has 66 valence electrons. The van der Waals surface area contributed by atoms with Crippen LogP contribution >= 0.6 is 15.9 Å². The molecule has 0 bridgehead atoms. The van der Waals surface area contributed by atoms with Gasteiger partial charge < -0.3 is 10.5 Å². The normalized spacial score (nSPS) is 10.0. The highest BCUT2D eigenvalue weighted by molar-refractivity contribution is 9.10. The predicted molar refractivity (Wildman–Crippen MR) is 53.3 cm³/mol. The number of hydrogen-bond donors (Lipinski definition) is 1. The summed E-state index contributed by atoms with van der Waals surface area (Å²) in [5, 5.41) is 0. The van der Waals surface area contributed by atoms with Crippen molar-refractivity contribution in [2.45, 2.75) is 13.5 Å². The van der Waals surface area contributed by atoms with Gasteiger partial charge in [0, 0.05) is 16.6 Å². The van der Waals surface area contributed by atoms with E-state index in [1.54, 1.807) is 7.11 Å². The maximum absolute atomic E-state index is 5.60. The van der Waals surface area contributed by atoms with Crippen LogP contribution in [0.3, 0.4) is 0 Å². The Morgan fingerprint density at radius 3 is 2.67 bits per heavy atom. The second-order valence-corrected chi connectivity index (χ2v) is 3.41. The number of benzene rings is 1. The zero-order chi connectivity index (χ0) is 9.14. The summed E-state index contributed by atoms with van der Waals surface area (Å²) in [6.07, 6.45) is 0. The van der Waals surface area contributed by atoms with E-state index in [0.717, 1.165) is 21.3 Å². The fraction of sp³-hybridized carbons (Fsp3) is 0.333. The van der Waals surface area contributed by atoms with Gasteiger partial charge in [0.25, 0.3) is 0 Å². The highest BCUT2D eigenvalue weighted by Gasteiger charge is 2.06. The topological polar surface area (TPSA) is 35.2 Å². The fourth-order valence-electron chi connectivity index (χ4n) is 1.15. The monoisotopic (exact) mass is 229 g/mol. The zero-order valence-electron chi connectivity index (χ0n) is 7.23. The minimum absolute atomic E-state index is 0.508. The second kappa shape index (κ2) is 3.92. The van der Waals surface area contributed by atoms with Crippen molar-refractivity contribution in [3.05, 3.63) is 27.7 Å². The molecular weight excluding hydrogens is 218 g/mol. The zero-order valence-corrected chi connectivity index (χ0v) is 8.81. The molecule has 0 amide bonds. The smallest absolute Gasteiger partial charge is 0.123 e. The van der Waals surface area contributed by atoms with E-state index < -0.39 is 0 Å². The number of halogens is 1. The summed E-state index contributed by atoms with van der Waals surface area (Å²) < 4.78 is 6.24. The lowest BCUT2D eigenvalue weighted by atomic mass is 10.1. The minimum atomic E-state index is 0.508. The minimum Gasteiger partial charge on any atom is -0.496 e. The van der Waals surface area contributed by atoms with Gasteiger partial charge in [-0.1, -0.05) is 15.9 Å². The number of nitrogens with two attached hydrogens (primary N) is 1. The van der Waals surface area contributed by atoms with Gasteiger partial charge in [-0.05, 0) is 24.6 Å². The van der Waals surface area contributed by atoms with Crippen LogP contribution in [0.2, 0.25) is 0 Å². The third-order valence-electron chi connectivity index (χ3n) is 1.91. The molecule has 1 rings (SSSR count).